The zero-order valence-electron chi connectivity index (χ0n) is 11.3. The molecule has 0 saturated carbocycles. The summed E-state index contributed by atoms with van der Waals surface area (Å²) in [6.45, 7) is 4.98. The lowest BCUT2D eigenvalue weighted by atomic mass is 10.0. The summed E-state index contributed by atoms with van der Waals surface area (Å²) in [5.41, 5.74) is 0.699. The van der Waals surface area contributed by atoms with Crippen LogP contribution in [0.25, 0.3) is 0 Å². The molecule has 1 aromatic rings. The number of ether oxygens (including phenoxy) is 1. The van der Waals surface area contributed by atoms with Gasteiger partial charge in [0.15, 0.2) is 0 Å². The number of hydrogen-bond acceptors (Lipinski definition) is 4. The molecule has 1 fully saturated rings. The molecule has 7 heteroatoms. The Balaban J connectivity index is 2.41. The second-order valence-electron chi connectivity index (χ2n) is 4.78. The lowest BCUT2D eigenvalue weighted by Gasteiger charge is -2.33. The number of nitro groups is 1. The fourth-order valence-electron chi connectivity index (χ4n) is 2.26. The topological polar surface area (TPSA) is 72.7 Å². The zero-order chi connectivity index (χ0) is 14.9. The summed E-state index contributed by atoms with van der Waals surface area (Å²) in [7, 11) is 0. The van der Waals surface area contributed by atoms with E-state index >= 15 is 0 Å². The fraction of sp³-hybridized carbons (Fsp3) is 0.462. The van der Waals surface area contributed by atoms with Gasteiger partial charge in [0.25, 0.3) is 11.6 Å². The first-order valence-corrected chi connectivity index (χ1v) is 7.04. The van der Waals surface area contributed by atoms with Crippen LogP contribution in [0.3, 0.4) is 0 Å². The summed E-state index contributed by atoms with van der Waals surface area (Å²) in [4.78, 5) is 24.8. The third kappa shape index (κ3) is 2.83. The van der Waals surface area contributed by atoms with Crippen molar-refractivity contribution in [2.24, 2.45) is 0 Å². The van der Waals surface area contributed by atoms with Crippen molar-refractivity contribution in [1.82, 2.24) is 4.90 Å². The molecule has 6 nitrogen and oxygen atoms in total. The molecular weight excluding hydrogens is 328 g/mol. The average molecular weight is 343 g/mol. The van der Waals surface area contributed by atoms with Gasteiger partial charge in [0.05, 0.1) is 29.7 Å². The molecule has 0 aliphatic carbocycles. The van der Waals surface area contributed by atoms with Crippen LogP contribution in [0.1, 0.15) is 22.8 Å². The van der Waals surface area contributed by atoms with Crippen LogP contribution >= 0.6 is 15.9 Å². The van der Waals surface area contributed by atoms with Crippen LogP contribution in [0.2, 0.25) is 0 Å². The molecule has 1 atom stereocenters. The molecule has 1 aliphatic heterocycles. The smallest absolute Gasteiger partial charge is 0.274 e. The van der Waals surface area contributed by atoms with Crippen LogP contribution in [0.4, 0.5) is 5.69 Å². The number of morpholine rings is 1. The van der Waals surface area contributed by atoms with E-state index in [1.807, 2.05) is 6.92 Å². The highest BCUT2D eigenvalue weighted by Crippen LogP contribution is 2.28. The normalized spacial score (nSPS) is 18.9. The number of halogens is 1. The van der Waals surface area contributed by atoms with Crippen molar-refractivity contribution in [2.45, 2.75) is 19.9 Å². The lowest BCUT2D eigenvalue weighted by Crippen LogP contribution is -2.47. The lowest BCUT2D eigenvalue weighted by molar-refractivity contribution is -0.385. The fourth-order valence-corrected chi connectivity index (χ4v) is 2.71. The Bertz CT molecular complexity index is 562. The van der Waals surface area contributed by atoms with E-state index in [0.717, 1.165) is 0 Å². The van der Waals surface area contributed by atoms with Crippen LogP contribution in [0, 0.1) is 17.0 Å². The number of amides is 1. The number of carbonyl (C=O) groups is 1. The highest BCUT2D eigenvalue weighted by molar-refractivity contribution is 9.10. The van der Waals surface area contributed by atoms with Gasteiger partial charge in [-0.3, -0.25) is 14.9 Å². The number of benzene rings is 1. The molecule has 1 amide bonds. The number of rotatable bonds is 2. The first-order valence-electron chi connectivity index (χ1n) is 6.25. The Hall–Kier alpha value is -1.47. The molecule has 0 unspecified atom stereocenters. The van der Waals surface area contributed by atoms with E-state index in [1.54, 1.807) is 17.9 Å². The van der Waals surface area contributed by atoms with E-state index in [1.165, 1.54) is 6.07 Å². The first-order chi connectivity index (χ1) is 9.41. The van der Waals surface area contributed by atoms with Crippen LogP contribution in [0.15, 0.2) is 16.6 Å². The molecule has 0 bridgehead atoms. The molecule has 0 aromatic heterocycles. The van der Waals surface area contributed by atoms with Crippen LogP contribution in [-0.2, 0) is 4.74 Å². The molecule has 0 spiro atoms. The second-order valence-corrected chi connectivity index (χ2v) is 5.69. The predicted octanol–water partition coefficient (Wildman–Crippen LogP) is 2.53. The summed E-state index contributed by atoms with van der Waals surface area (Å²) < 4.78 is 5.83. The number of carbonyl (C=O) groups excluding carboxylic acids is 1. The van der Waals surface area contributed by atoms with Gasteiger partial charge >= 0.3 is 0 Å². The number of nitrogens with zero attached hydrogens (tertiary/aromatic N) is 2. The molecule has 1 aliphatic rings. The van der Waals surface area contributed by atoms with Gasteiger partial charge in [-0.2, -0.15) is 0 Å². The quantitative estimate of drug-likeness (QED) is 0.611. The Kier molecular flexibility index (Phi) is 4.39. The van der Waals surface area contributed by atoms with E-state index < -0.39 is 4.92 Å². The predicted molar refractivity (Wildman–Crippen MR) is 76.9 cm³/mol. The van der Waals surface area contributed by atoms with Gasteiger partial charge < -0.3 is 9.64 Å². The van der Waals surface area contributed by atoms with Gasteiger partial charge in [-0.15, -0.1) is 0 Å². The zero-order valence-corrected chi connectivity index (χ0v) is 12.8. The maximum atomic E-state index is 12.6. The highest BCUT2D eigenvalue weighted by atomic mass is 79.9. The molecule has 1 aromatic carbocycles. The van der Waals surface area contributed by atoms with Crippen molar-refractivity contribution in [3.8, 4) is 0 Å². The van der Waals surface area contributed by atoms with E-state index in [4.69, 9.17) is 4.74 Å². The van der Waals surface area contributed by atoms with E-state index in [2.05, 4.69) is 15.9 Å². The van der Waals surface area contributed by atoms with Crippen molar-refractivity contribution in [3.63, 3.8) is 0 Å². The van der Waals surface area contributed by atoms with Crippen molar-refractivity contribution < 1.29 is 14.5 Å². The summed E-state index contributed by atoms with van der Waals surface area (Å²) in [6, 6.07) is 3.01. The Morgan fingerprint density at radius 1 is 1.55 bits per heavy atom. The van der Waals surface area contributed by atoms with E-state index in [9.17, 15) is 14.9 Å². The van der Waals surface area contributed by atoms with Gasteiger partial charge in [-0.05, 0) is 19.9 Å². The molecular formula is C13H15BrN2O4. The second kappa shape index (κ2) is 5.88. The maximum absolute atomic E-state index is 12.6. The summed E-state index contributed by atoms with van der Waals surface area (Å²) >= 11 is 3.22. The van der Waals surface area contributed by atoms with Gasteiger partial charge in [0.1, 0.15) is 0 Å². The largest absolute Gasteiger partial charge is 0.377 e. The van der Waals surface area contributed by atoms with Gasteiger partial charge in [-0.1, -0.05) is 15.9 Å². The molecule has 20 heavy (non-hydrogen) atoms. The molecule has 0 N–H and O–H groups in total. The van der Waals surface area contributed by atoms with Crippen molar-refractivity contribution in [3.05, 3.63) is 37.8 Å². The van der Waals surface area contributed by atoms with Gasteiger partial charge in [0, 0.05) is 22.6 Å². The third-order valence-electron chi connectivity index (χ3n) is 3.40. The van der Waals surface area contributed by atoms with Crippen LogP contribution in [0.5, 0.6) is 0 Å². The molecule has 1 heterocycles. The summed E-state index contributed by atoms with van der Waals surface area (Å²) in [6.07, 6.45) is 0. The Morgan fingerprint density at radius 2 is 2.25 bits per heavy atom. The Labute approximate surface area is 125 Å². The van der Waals surface area contributed by atoms with E-state index in [0.29, 0.717) is 35.4 Å². The average Bonchev–Trinajstić information content (AvgIpc) is 2.40. The summed E-state index contributed by atoms with van der Waals surface area (Å²) in [5.74, 6) is -0.192. The van der Waals surface area contributed by atoms with Gasteiger partial charge in [-0.25, -0.2) is 0 Å². The summed E-state index contributed by atoms with van der Waals surface area (Å²) in [5, 5.41) is 11.0. The van der Waals surface area contributed by atoms with Crippen molar-refractivity contribution in [2.75, 3.05) is 19.8 Å². The van der Waals surface area contributed by atoms with Crippen LogP contribution < -0.4 is 0 Å². The molecule has 2 rings (SSSR count). The number of nitro benzene ring substituents is 1. The first kappa shape index (κ1) is 14.9. The monoisotopic (exact) mass is 342 g/mol. The third-order valence-corrected chi connectivity index (χ3v) is 3.86. The van der Waals surface area contributed by atoms with E-state index in [-0.39, 0.29) is 17.6 Å². The standard InChI is InChI=1S/C13H15BrN2O4/c1-8-7-20-4-3-15(8)13(17)11-5-10(14)6-12(9(11)2)16(18)19/h5-6,8H,3-4,7H2,1-2H3/t8-/m0/s1. The molecule has 0 radical (unpaired) electrons. The van der Waals surface area contributed by atoms with Crippen LogP contribution in [-0.4, -0.2) is 41.5 Å². The minimum Gasteiger partial charge on any atom is -0.377 e. The van der Waals surface area contributed by atoms with Crippen molar-refractivity contribution >= 4 is 27.5 Å². The molecule has 1 saturated heterocycles. The minimum atomic E-state index is -0.473. The number of hydrogen-bond donors (Lipinski definition) is 0. The highest BCUT2D eigenvalue weighted by Gasteiger charge is 2.28. The minimum absolute atomic E-state index is 0.0336. The maximum Gasteiger partial charge on any atom is 0.274 e. The Morgan fingerprint density at radius 3 is 2.85 bits per heavy atom. The van der Waals surface area contributed by atoms with Crippen molar-refractivity contribution in [1.29, 1.82) is 0 Å². The molecule has 108 valence electrons. The van der Waals surface area contributed by atoms with Gasteiger partial charge in [0.2, 0.25) is 0 Å². The SMILES string of the molecule is Cc1c(C(=O)N2CCOC[C@@H]2C)cc(Br)cc1[N+](=O)[O-].